The Bertz CT molecular complexity index is 1430. The maximum absolute atomic E-state index is 14.0. The van der Waals surface area contributed by atoms with E-state index in [1.54, 1.807) is 0 Å². The SMILES string of the molecule is CC(CCO)CC1CCCC(C(=O)OCC2(COC(=O)C34CC(C)CC(CC(O)C3)C4)COC(C(CCOC(=O)C(F)(F)S(=O)(=O)O)CC3CCCCC3)OC2)C1. The van der Waals surface area contributed by atoms with Gasteiger partial charge in [-0.1, -0.05) is 58.8 Å². The summed E-state index contributed by atoms with van der Waals surface area (Å²) in [6, 6.07) is 0. The number of ether oxygens (including phenoxy) is 5. The molecule has 5 fully saturated rings. The summed E-state index contributed by atoms with van der Waals surface area (Å²) in [5.41, 5.74) is -1.88. The van der Waals surface area contributed by atoms with E-state index in [-0.39, 0.29) is 63.2 Å². The van der Waals surface area contributed by atoms with Crippen LogP contribution >= 0.6 is 0 Å². The van der Waals surface area contributed by atoms with Crippen molar-refractivity contribution >= 4 is 28.0 Å². The Balaban J connectivity index is 1.27. The average Bonchev–Trinajstić information content (AvgIpc) is 3.15. The van der Waals surface area contributed by atoms with E-state index in [0.717, 1.165) is 57.8 Å². The first kappa shape index (κ1) is 46.1. The average molecular weight is 837 g/mol. The van der Waals surface area contributed by atoms with Crippen LogP contribution < -0.4 is 0 Å². The standard InChI is InChI=1S/C41H66F2O13S/c1-27(11-13-44)15-30-9-6-10-32(18-30)35(46)53-23-39(26-56-37(47)40-20-28(2)16-31(21-40)19-34(45)22-40)24-54-36(55-25-39)33(17-29-7-4-3-5-8-29)12-14-52-38(48)41(42,43)57(49,50)51/h27-34,36,44-45H,3-26H2,1-2H3,(H,49,50,51). The van der Waals surface area contributed by atoms with Gasteiger partial charge < -0.3 is 33.9 Å². The molecule has 5 rings (SSSR count). The Labute approximate surface area is 336 Å². The second-order valence-corrected chi connectivity index (χ2v) is 20.1. The van der Waals surface area contributed by atoms with Gasteiger partial charge in [0.1, 0.15) is 13.2 Å². The fourth-order valence-corrected chi connectivity index (χ4v) is 11.0. The van der Waals surface area contributed by atoms with E-state index in [1.807, 2.05) is 0 Å². The monoisotopic (exact) mass is 836 g/mol. The van der Waals surface area contributed by atoms with Crippen molar-refractivity contribution in [3.8, 4) is 0 Å². The number of aliphatic hydroxyl groups is 2. The minimum atomic E-state index is -6.02. The highest BCUT2D eigenvalue weighted by atomic mass is 32.2. The summed E-state index contributed by atoms with van der Waals surface area (Å²) in [6.45, 7) is 3.42. The van der Waals surface area contributed by atoms with E-state index < -0.39 is 63.1 Å². The van der Waals surface area contributed by atoms with E-state index in [9.17, 15) is 41.8 Å². The molecule has 0 spiro atoms. The number of carbonyl (C=O) groups is 3. The molecule has 4 saturated carbocycles. The van der Waals surface area contributed by atoms with Gasteiger partial charge in [-0.2, -0.15) is 17.2 Å². The van der Waals surface area contributed by atoms with Crippen LogP contribution in [0.1, 0.15) is 129 Å². The topological polar surface area (TPSA) is 192 Å². The number of rotatable bonds is 18. The van der Waals surface area contributed by atoms with Crippen LogP contribution in [0.25, 0.3) is 0 Å². The molecule has 3 N–H and O–H groups in total. The van der Waals surface area contributed by atoms with Crippen LogP contribution in [0.15, 0.2) is 0 Å². The second kappa shape index (κ2) is 20.1. The fraction of sp³-hybridized carbons (Fsp3) is 0.927. The van der Waals surface area contributed by atoms with Gasteiger partial charge in [0, 0.05) is 12.5 Å². The molecule has 0 amide bonds. The number of hydrogen-bond donors (Lipinski definition) is 3. The van der Waals surface area contributed by atoms with Gasteiger partial charge in [0.2, 0.25) is 0 Å². The zero-order chi connectivity index (χ0) is 41.4. The second-order valence-electron chi connectivity index (χ2n) is 18.7. The maximum Gasteiger partial charge on any atom is 0.465 e. The molecular formula is C41H66F2O13S. The molecule has 16 heteroatoms. The molecule has 2 bridgehead atoms. The lowest BCUT2D eigenvalue weighted by molar-refractivity contribution is -0.269. The van der Waals surface area contributed by atoms with Crippen molar-refractivity contribution in [1.29, 1.82) is 0 Å². The molecule has 1 aliphatic heterocycles. The Hall–Kier alpha value is -1.98. The Kier molecular flexibility index (Phi) is 16.2. The minimum Gasteiger partial charge on any atom is -0.465 e. The van der Waals surface area contributed by atoms with Crippen molar-refractivity contribution in [1.82, 2.24) is 0 Å². The van der Waals surface area contributed by atoms with Crippen LogP contribution in [0.3, 0.4) is 0 Å². The van der Waals surface area contributed by atoms with Crippen LogP contribution in [0, 0.1) is 52.3 Å². The number of aliphatic hydroxyl groups excluding tert-OH is 2. The predicted octanol–water partition coefficient (Wildman–Crippen LogP) is 6.22. The normalized spacial score (nSPS) is 33.8. The van der Waals surface area contributed by atoms with Gasteiger partial charge in [-0.05, 0) is 100 Å². The van der Waals surface area contributed by atoms with E-state index in [2.05, 4.69) is 18.6 Å². The molecule has 4 aliphatic carbocycles. The molecule has 328 valence electrons. The number of fused-ring (bicyclic) bond motifs is 2. The zero-order valence-electron chi connectivity index (χ0n) is 33.8. The Morgan fingerprint density at radius 3 is 2.23 bits per heavy atom. The smallest absolute Gasteiger partial charge is 0.465 e. The summed E-state index contributed by atoms with van der Waals surface area (Å²) >= 11 is 0. The Morgan fingerprint density at radius 2 is 1.54 bits per heavy atom. The van der Waals surface area contributed by atoms with Gasteiger partial charge in [0.25, 0.3) is 0 Å². The molecule has 1 heterocycles. The summed E-state index contributed by atoms with van der Waals surface area (Å²) in [7, 11) is -6.02. The molecule has 1 saturated heterocycles. The predicted molar refractivity (Wildman–Crippen MR) is 202 cm³/mol. The van der Waals surface area contributed by atoms with Crippen LogP contribution in [0.4, 0.5) is 8.78 Å². The van der Waals surface area contributed by atoms with Gasteiger partial charge in [-0.25, -0.2) is 4.79 Å². The van der Waals surface area contributed by atoms with Gasteiger partial charge in [-0.3, -0.25) is 14.1 Å². The molecule has 5 aliphatic rings. The highest BCUT2D eigenvalue weighted by Gasteiger charge is 2.55. The first-order valence-electron chi connectivity index (χ1n) is 21.3. The van der Waals surface area contributed by atoms with E-state index in [0.29, 0.717) is 69.1 Å². The molecule has 0 aromatic carbocycles. The molecule has 57 heavy (non-hydrogen) atoms. The first-order chi connectivity index (χ1) is 26.9. The van der Waals surface area contributed by atoms with Crippen molar-refractivity contribution < 1.29 is 70.0 Å². The summed E-state index contributed by atoms with van der Waals surface area (Å²) < 4.78 is 88.2. The van der Waals surface area contributed by atoms with Crippen molar-refractivity contribution in [2.45, 2.75) is 147 Å². The highest BCUT2D eigenvalue weighted by Crippen LogP contribution is 2.52. The number of esters is 3. The van der Waals surface area contributed by atoms with Crippen LogP contribution in [-0.4, -0.2) is 98.4 Å². The van der Waals surface area contributed by atoms with Crippen LogP contribution in [0.2, 0.25) is 0 Å². The largest absolute Gasteiger partial charge is 0.465 e. The third kappa shape index (κ3) is 12.3. The van der Waals surface area contributed by atoms with Gasteiger partial charge in [0.05, 0.1) is 42.7 Å². The minimum absolute atomic E-state index is 0.00933. The van der Waals surface area contributed by atoms with Gasteiger partial charge in [-0.15, -0.1) is 0 Å². The number of hydrogen-bond acceptors (Lipinski definition) is 12. The fourth-order valence-electron chi connectivity index (χ4n) is 10.7. The Morgan fingerprint density at radius 1 is 0.860 bits per heavy atom. The van der Waals surface area contributed by atoms with Gasteiger partial charge in [0.15, 0.2) is 6.29 Å². The van der Waals surface area contributed by atoms with Crippen molar-refractivity contribution in [2.75, 3.05) is 39.6 Å². The lowest BCUT2D eigenvalue weighted by Crippen LogP contribution is -2.52. The van der Waals surface area contributed by atoms with E-state index >= 15 is 0 Å². The zero-order valence-corrected chi connectivity index (χ0v) is 34.6. The summed E-state index contributed by atoms with van der Waals surface area (Å²) in [4.78, 5) is 39.5. The first-order valence-corrected chi connectivity index (χ1v) is 22.8. The molecule has 8 atom stereocenters. The van der Waals surface area contributed by atoms with E-state index in [4.69, 9.17) is 23.5 Å². The summed E-state index contributed by atoms with van der Waals surface area (Å²) in [6.07, 6.45) is 12.3. The quantitative estimate of drug-likeness (QED) is 0.0801. The summed E-state index contributed by atoms with van der Waals surface area (Å²) in [5.74, 6) is -2.34. The van der Waals surface area contributed by atoms with E-state index in [1.165, 1.54) is 0 Å². The van der Waals surface area contributed by atoms with Crippen molar-refractivity contribution in [3.63, 3.8) is 0 Å². The highest BCUT2D eigenvalue weighted by molar-refractivity contribution is 7.87. The number of halogens is 2. The van der Waals surface area contributed by atoms with Crippen molar-refractivity contribution in [3.05, 3.63) is 0 Å². The molecule has 13 nitrogen and oxygen atoms in total. The van der Waals surface area contributed by atoms with Crippen LogP contribution in [0.5, 0.6) is 0 Å². The number of alkyl halides is 2. The molecule has 8 unspecified atom stereocenters. The van der Waals surface area contributed by atoms with Gasteiger partial charge >= 0.3 is 33.3 Å². The molecule has 0 aromatic rings. The molecular weight excluding hydrogens is 771 g/mol. The van der Waals surface area contributed by atoms with Crippen LogP contribution in [-0.2, 0) is 48.2 Å². The molecule has 0 radical (unpaired) electrons. The lowest BCUT2D eigenvalue weighted by Gasteiger charge is -2.48. The maximum atomic E-state index is 14.0. The lowest BCUT2D eigenvalue weighted by atomic mass is 9.58. The molecule has 0 aromatic heterocycles. The third-order valence-corrected chi connectivity index (χ3v) is 14.3. The third-order valence-electron chi connectivity index (χ3n) is 13.5. The van der Waals surface area contributed by atoms with Crippen molar-refractivity contribution in [2.24, 2.45) is 52.3 Å². The summed E-state index contributed by atoms with van der Waals surface area (Å²) in [5, 5.41) is 14.9. The number of carbonyl (C=O) groups excluding carboxylic acids is 3.